The maximum atomic E-state index is 12.8. The number of carbonyl (C=O) groups is 1. The second-order valence-corrected chi connectivity index (χ2v) is 8.22. The van der Waals surface area contributed by atoms with Gasteiger partial charge in [0.25, 0.3) is 5.91 Å². The molecule has 0 aliphatic heterocycles. The number of unbranched alkanes of at least 4 members (excludes halogenated alkanes) is 1. The molecule has 2 aromatic carbocycles. The highest BCUT2D eigenvalue weighted by molar-refractivity contribution is 6.36. The van der Waals surface area contributed by atoms with Crippen LogP contribution in [0.25, 0.3) is 16.9 Å². The average molecular weight is 498 g/mol. The van der Waals surface area contributed by atoms with Crippen LogP contribution in [-0.4, -0.2) is 41.4 Å². The molecule has 0 fully saturated rings. The number of rotatable bonds is 8. The Morgan fingerprint density at radius 3 is 2.60 bits per heavy atom. The van der Waals surface area contributed by atoms with Gasteiger partial charge in [-0.3, -0.25) is 4.79 Å². The highest BCUT2D eigenvalue weighted by Gasteiger charge is 2.30. The number of nitrogens with one attached hydrogen (secondary N) is 2. The van der Waals surface area contributed by atoms with E-state index in [-0.39, 0.29) is 5.56 Å². The fourth-order valence-electron chi connectivity index (χ4n) is 3.52. The molecule has 0 aliphatic carbocycles. The number of nitrogens with zero attached hydrogens (tertiary/aromatic N) is 3. The number of hydrogen-bond acceptors (Lipinski definition) is 4. The highest BCUT2D eigenvalue weighted by atomic mass is 35.5. The molecule has 2 heterocycles. The van der Waals surface area contributed by atoms with Crippen LogP contribution in [0.15, 0.2) is 60.8 Å². The number of fused-ring (bicyclic) bond motifs is 1. The average Bonchev–Trinajstić information content (AvgIpc) is 3.21. The zero-order valence-corrected chi connectivity index (χ0v) is 19.2. The van der Waals surface area contributed by atoms with Crippen LogP contribution in [-0.2, 0) is 6.18 Å². The van der Waals surface area contributed by atoms with Gasteiger partial charge in [0.2, 0.25) is 0 Å². The second-order valence-electron chi connectivity index (χ2n) is 7.81. The molecule has 0 bridgehead atoms. The van der Waals surface area contributed by atoms with Crippen LogP contribution in [0, 0.1) is 0 Å². The zero-order valence-electron chi connectivity index (χ0n) is 18.4. The summed E-state index contributed by atoms with van der Waals surface area (Å²) in [5.41, 5.74) is 1.45. The van der Waals surface area contributed by atoms with Gasteiger partial charge in [0.1, 0.15) is 13.7 Å². The zero-order chi connectivity index (χ0) is 25.0. The van der Waals surface area contributed by atoms with E-state index in [2.05, 4.69) is 20.7 Å². The Balaban J connectivity index is 1.34. The molecule has 2 aromatic heterocycles. The first kappa shape index (κ1) is 24.6. The van der Waals surface area contributed by atoms with Crippen molar-refractivity contribution in [3.63, 3.8) is 0 Å². The molecule has 178 valence electrons. The van der Waals surface area contributed by atoms with Crippen LogP contribution < -0.4 is 16.1 Å². The molecule has 0 aliphatic rings. The van der Waals surface area contributed by atoms with Gasteiger partial charge in [-0.15, -0.1) is 0 Å². The SMILES string of the molecule is [B]c1cnn2c(NCCCCNC(=O)c3cccc(C(F)(F)F)c3)cc(-c3ccccc3Cl)nc12. The third kappa shape index (κ3) is 5.76. The quantitative estimate of drug-likeness (QED) is 0.278. The van der Waals surface area contributed by atoms with E-state index in [1.807, 2.05) is 24.3 Å². The standard InChI is InChI=1S/C24H20BClF3N5O/c25-18-14-32-34-21(13-20(33-22(18)34)17-8-1-2-9-19(17)26)30-10-3-4-11-31-23(35)15-6-5-7-16(12-15)24(27,28)29/h1-2,5-9,12-14,30H,3-4,10-11H2,(H,31,35). The second kappa shape index (κ2) is 10.4. The fourth-order valence-corrected chi connectivity index (χ4v) is 3.75. The molecule has 0 atom stereocenters. The Bertz CT molecular complexity index is 1360. The lowest BCUT2D eigenvalue weighted by Crippen LogP contribution is -2.25. The van der Waals surface area contributed by atoms with Crippen molar-refractivity contribution in [1.29, 1.82) is 0 Å². The van der Waals surface area contributed by atoms with Crippen molar-refractivity contribution in [2.24, 2.45) is 0 Å². The molecule has 0 saturated heterocycles. The Labute approximate surface area is 205 Å². The Morgan fingerprint density at radius 2 is 1.83 bits per heavy atom. The van der Waals surface area contributed by atoms with Crippen molar-refractivity contribution < 1.29 is 18.0 Å². The number of halogens is 4. The maximum Gasteiger partial charge on any atom is 0.416 e. The minimum Gasteiger partial charge on any atom is -0.370 e. The molecule has 4 aromatic rings. The number of aromatic nitrogens is 3. The van der Waals surface area contributed by atoms with Gasteiger partial charge in [-0.2, -0.15) is 22.8 Å². The first-order valence-corrected chi connectivity index (χ1v) is 11.2. The minimum absolute atomic E-state index is 0.0273. The van der Waals surface area contributed by atoms with Crippen molar-refractivity contribution >= 4 is 42.3 Å². The summed E-state index contributed by atoms with van der Waals surface area (Å²) in [7, 11) is 6.02. The van der Waals surface area contributed by atoms with Gasteiger partial charge in [0.05, 0.1) is 11.3 Å². The molecule has 11 heteroatoms. The van der Waals surface area contributed by atoms with E-state index in [1.165, 1.54) is 18.3 Å². The van der Waals surface area contributed by atoms with Crippen molar-refractivity contribution in [3.05, 3.63) is 76.9 Å². The maximum absolute atomic E-state index is 12.8. The van der Waals surface area contributed by atoms with E-state index in [9.17, 15) is 18.0 Å². The van der Waals surface area contributed by atoms with Crippen molar-refractivity contribution in [2.75, 3.05) is 18.4 Å². The van der Waals surface area contributed by atoms with Crippen LogP contribution in [0.3, 0.4) is 0 Å². The summed E-state index contributed by atoms with van der Waals surface area (Å²) in [4.78, 5) is 16.8. The molecule has 1 amide bonds. The largest absolute Gasteiger partial charge is 0.416 e. The van der Waals surface area contributed by atoms with Crippen molar-refractivity contribution in [3.8, 4) is 11.3 Å². The molecular formula is C24H20BClF3N5O. The van der Waals surface area contributed by atoms with Crippen LogP contribution in [0.1, 0.15) is 28.8 Å². The normalized spacial score (nSPS) is 11.5. The number of carbonyl (C=O) groups excluding carboxylic acids is 1. The van der Waals surface area contributed by atoms with Gasteiger partial charge < -0.3 is 10.6 Å². The van der Waals surface area contributed by atoms with Crippen molar-refractivity contribution in [2.45, 2.75) is 19.0 Å². The first-order chi connectivity index (χ1) is 16.7. The topological polar surface area (TPSA) is 71.3 Å². The molecule has 6 nitrogen and oxygen atoms in total. The summed E-state index contributed by atoms with van der Waals surface area (Å²) < 4.78 is 40.1. The molecule has 2 N–H and O–H groups in total. The summed E-state index contributed by atoms with van der Waals surface area (Å²) in [6, 6.07) is 13.5. The number of alkyl halides is 3. The molecule has 4 rings (SSSR count). The smallest absolute Gasteiger partial charge is 0.370 e. The van der Waals surface area contributed by atoms with E-state index in [0.717, 1.165) is 17.7 Å². The fraction of sp³-hybridized carbons (Fsp3) is 0.208. The monoisotopic (exact) mass is 497 g/mol. The number of anilines is 1. The van der Waals surface area contributed by atoms with Gasteiger partial charge in [0.15, 0.2) is 5.65 Å². The molecule has 2 radical (unpaired) electrons. The summed E-state index contributed by atoms with van der Waals surface area (Å²) >= 11 is 6.33. The number of hydrogen-bond donors (Lipinski definition) is 2. The first-order valence-electron chi connectivity index (χ1n) is 10.8. The summed E-state index contributed by atoms with van der Waals surface area (Å²) in [6.45, 7) is 0.877. The molecular weight excluding hydrogens is 478 g/mol. The predicted molar refractivity (Wildman–Crippen MR) is 130 cm³/mol. The van der Waals surface area contributed by atoms with Crippen LogP contribution in [0.2, 0.25) is 5.02 Å². The highest BCUT2D eigenvalue weighted by Crippen LogP contribution is 2.30. The van der Waals surface area contributed by atoms with E-state index in [1.54, 1.807) is 10.6 Å². The van der Waals surface area contributed by atoms with Gasteiger partial charge in [-0.1, -0.05) is 35.9 Å². The Morgan fingerprint density at radius 1 is 1.06 bits per heavy atom. The van der Waals surface area contributed by atoms with Gasteiger partial charge in [-0.25, -0.2) is 4.98 Å². The third-order valence-electron chi connectivity index (χ3n) is 5.30. The minimum atomic E-state index is -4.49. The van der Waals surface area contributed by atoms with E-state index >= 15 is 0 Å². The lowest BCUT2D eigenvalue weighted by molar-refractivity contribution is -0.137. The van der Waals surface area contributed by atoms with Gasteiger partial charge in [-0.05, 0) is 42.6 Å². The van der Waals surface area contributed by atoms with Crippen molar-refractivity contribution in [1.82, 2.24) is 19.9 Å². The number of benzene rings is 2. The summed E-state index contributed by atoms with van der Waals surface area (Å²) in [5, 5.41) is 10.8. The lowest BCUT2D eigenvalue weighted by atomic mass is 10.0. The summed E-state index contributed by atoms with van der Waals surface area (Å²) in [5.74, 6) is 0.130. The van der Waals surface area contributed by atoms with Crippen LogP contribution in [0.5, 0.6) is 0 Å². The molecule has 0 saturated carbocycles. The molecule has 35 heavy (non-hydrogen) atoms. The molecule has 0 unspecified atom stereocenters. The third-order valence-corrected chi connectivity index (χ3v) is 5.63. The predicted octanol–water partition coefficient (Wildman–Crippen LogP) is 4.48. The van der Waals surface area contributed by atoms with Crippen LogP contribution >= 0.6 is 11.6 Å². The van der Waals surface area contributed by atoms with Gasteiger partial charge >= 0.3 is 6.18 Å². The Kier molecular flexibility index (Phi) is 7.30. The van der Waals surface area contributed by atoms with E-state index in [0.29, 0.717) is 53.6 Å². The summed E-state index contributed by atoms with van der Waals surface area (Å²) in [6.07, 6.45) is -1.67. The van der Waals surface area contributed by atoms with E-state index < -0.39 is 17.6 Å². The number of amides is 1. The molecule has 0 spiro atoms. The van der Waals surface area contributed by atoms with Crippen LogP contribution in [0.4, 0.5) is 19.0 Å². The van der Waals surface area contributed by atoms with E-state index in [4.69, 9.17) is 19.4 Å². The lowest BCUT2D eigenvalue weighted by Gasteiger charge is -2.12. The van der Waals surface area contributed by atoms with Gasteiger partial charge in [0, 0.05) is 41.5 Å². The Hall–Kier alpha value is -3.53.